The van der Waals surface area contributed by atoms with E-state index in [4.69, 9.17) is 19.5 Å². The largest absolute Gasteiger partial charge is 0.490 e. The van der Waals surface area contributed by atoms with Gasteiger partial charge in [0.05, 0.1) is 13.2 Å². The minimum atomic E-state index is -1.49. The van der Waals surface area contributed by atoms with Crippen LogP contribution in [0.3, 0.4) is 0 Å². The molecule has 1 aliphatic rings. The van der Waals surface area contributed by atoms with Gasteiger partial charge in [-0.2, -0.15) is 0 Å². The highest BCUT2D eigenvalue weighted by Gasteiger charge is 2.12. The van der Waals surface area contributed by atoms with E-state index < -0.39 is 7.12 Å². The maximum absolute atomic E-state index is 8.90. The number of hydrogen-bond donors (Lipinski definition) is 2. The predicted octanol–water partition coefficient (Wildman–Crippen LogP) is -1.57. The Morgan fingerprint density at radius 3 is 2.71 bits per heavy atom. The highest BCUT2D eigenvalue weighted by atomic mass is 16.5. The second-order valence-electron chi connectivity index (χ2n) is 3.81. The first-order chi connectivity index (χ1) is 8.25. The molecule has 17 heavy (non-hydrogen) atoms. The van der Waals surface area contributed by atoms with Gasteiger partial charge in [0, 0.05) is 24.7 Å². The molecular formula is C10H15BN2O4. The lowest BCUT2D eigenvalue weighted by Crippen LogP contribution is -2.38. The molecular weight excluding hydrogens is 223 g/mol. The normalized spacial score (nSPS) is 16.8. The van der Waals surface area contributed by atoms with Crippen LogP contribution in [0.25, 0.3) is 0 Å². The summed E-state index contributed by atoms with van der Waals surface area (Å²) in [6.07, 6.45) is 1.39. The average molecular weight is 238 g/mol. The van der Waals surface area contributed by atoms with Crippen molar-refractivity contribution in [3.05, 3.63) is 18.3 Å². The zero-order valence-electron chi connectivity index (χ0n) is 9.45. The van der Waals surface area contributed by atoms with Crippen LogP contribution < -0.4 is 10.2 Å². The molecule has 1 aliphatic heterocycles. The third-order valence-electron chi connectivity index (χ3n) is 2.56. The van der Waals surface area contributed by atoms with Crippen LogP contribution in [0.4, 0.5) is 0 Å². The van der Waals surface area contributed by atoms with E-state index in [0.29, 0.717) is 18.1 Å². The summed E-state index contributed by atoms with van der Waals surface area (Å²) in [6.45, 7) is 3.64. The lowest BCUT2D eigenvalue weighted by Gasteiger charge is -2.25. The number of rotatable bonds is 4. The SMILES string of the molecule is OB(O)c1ccc(OCN2CCOCC2)nc1. The number of pyridine rings is 1. The predicted molar refractivity (Wildman–Crippen MR) is 61.9 cm³/mol. The molecule has 0 saturated carbocycles. The van der Waals surface area contributed by atoms with E-state index in [1.54, 1.807) is 12.1 Å². The fraction of sp³-hybridized carbons (Fsp3) is 0.500. The Bertz CT molecular complexity index is 341. The Labute approximate surface area is 99.9 Å². The third kappa shape index (κ3) is 3.67. The van der Waals surface area contributed by atoms with Gasteiger partial charge < -0.3 is 19.5 Å². The Kier molecular flexibility index (Phi) is 4.32. The molecule has 0 unspecified atom stereocenters. The summed E-state index contributed by atoms with van der Waals surface area (Å²) in [5, 5.41) is 17.8. The smallest absolute Gasteiger partial charge is 0.461 e. The van der Waals surface area contributed by atoms with Gasteiger partial charge >= 0.3 is 7.12 Å². The molecule has 2 rings (SSSR count). The van der Waals surface area contributed by atoms with Crippen molar-refractivity contribution in [1.29, 1.82) is 0 Å². The fourth-order valence-electron chi connectivity index (χ4n) is 1.52. The lowest BCUT2D eigenvalue weighted by atomic mass is 9.82. The zero-order chi connectivity index (χ0) is 12.1. The Hall–Kier alpha value is -1.15. The molecule has 1 saturated heterocycles. The van der Waals surface area contributed by atoms with Crippen molar-refractivity contribution < 1.29 is 19.5 Å². The van der Waals surface area contributed by atoms with Crippen LogP contribution in [0.15, 0.2) is 18.3 Å². The van der Waals surface area contributed by atoms with Gasteiger partial charge in [-0.05, 0) is 6.07 Å². The van der Waals surface area contributed by atoms with Crippen molar-refractivity contribution in [1.82, 2.24) is 9.88 Å². The molecule has 0 spiro atoms. The molecule has 1 fully saturated rings. The van der Waals surface area contributed by atoms with Crippen LogP contribution >= 0.6 is 0 Å². The standard InChI is InChI=1S/C10H15BN2O4/c14-11(15)9-1-2-10(12-7-9)17-8-13-3-5-16-6-4-13/h1-2,7,14-15H,3-6,8H2. The molecule has 0 bridgehead atoms. The highest BCUT2D eigenvalue weighted by Crippen LogP contribution is 2.04. The first-order valence-electron chi connectivity index (χ1n) is 5.51. The summed E-state index contributed by atoms with van der Waals surface area (Å²) in [4.78, 5) is 6.11. The quantitative estimate of drug-likeness (QED) is 0.617. The van der Waals surface area contributed by atoms with Gasteiger partial charge in [0.15, 0.2) is 0 Å². The molecule has 2 N–H and O–H groups in total. The summed E-state index contributed by atoms with van der Waals surface area (Å²) in [5.41, 5.74) is 0.351. The van der Waals surface area contributed by atoms with Gasteiger partial charge in [-0.1, -0.05) is 6.07 Å². The van der Waals surface area contributed by atoms with E-state index in [1.807, 2.05) is 0 Å². The van der Waals surface area contributed by atoms with Crippen LogP contribution in [0, 0.1) is 0 Å². The van der Waals surface area contributed by atoms with Gasteiger partial charge in [-0.3, -0.25) is 4.90 Å². The Morgan fingerprint density at radius 1 is 1.35 bits per heavy atom. The molecule has 0 aromatic carbocycles. The van der Waals surface area contributed by atoms with E-state index in [9.17, 15) is 0 Å². The summed E-state index contributed by atoms with van der Waals surface area (Å²) >= 11 is 0. The topological polar surface area (TPSA) is 75.0 Å². The summed E-state index contributed by atoms with van der Waals surface area (Å²) in [5.74, 6) is 0.473. The third-order valence-corrected chi connectivity index (χ3v) is 2.56. The maximum Gasteiger partial charge on any atom is 0.490 e. The summed E-state index contributed by atoms with van der Waals surface area (Å²) in [7, 11) is -1.49. The number of morpholine rings is 1. The first-order valence-corrected chi connectivity index (χ1v) is 5.51. The highest BCUT2D eigenvalue weighted by molar-refractivity contribution is 6.58. The molecule has 0 radical (unpaired) electrons. The zero-order valence-corrected chi connectivity index (χ0v) is 9.45. The minimum Gasteiger partial charge on any atom is -0.461 e. The van der Waals surface area contributed by atoms with Crippen molar-refractivity contribution in [2.24, 2.45) is 0 Å². The summed E-state index contributed by atoms with van der Waals surface area (Å²) in [6, 6.07) is 3.20. The van der Waals surface area contributed by atoms with Gasteiger partial charge in [-0.25, -0.2) is 4.98 Å². The molecule has 1 aromatic rings. The Balaban J connectivity index is 1.82. The van der Waals surface area contributed by atoms with E-state index in [1.165, 1.54) is 6.20 Å². The molecule has 1 aromatic heterocycles. The second kappa shape index (κ2) is 5.97. The Morgan fingerprint density at radius 2 is 2.12 bits per heavy atom. The van der Waals surface area contributed by atoms with Gasteiger partial charge in [0.1, 0.15) is 6.73 Å². The van der Waals surface area contributed by atoms with Gasteiger partial charge in [0.2, 0.25) is 5.88 Å². The number of hydrogen-bond acceptors (Lipinski definition) is 6. The van der Waals surface area contributed by atoms with Crippen LogP contribution in [0.2, 0.25) is 0 Å². The number of nitrogens with zero attached hydrogens (tertiary/aromatic N) is 2. The van der Waals surface area contributed by atoms with Crippen LogP contribution in [0.5, 0.6) is 5.88 Å². The minimum absolute atomic E-state index is 0.351. The van der Waals surface area contributed by atoms with Crippen LogP contribution in [0.1, 0.15) is 0 Å². The van der Waals surface area contributed by atoms with E-state index in [2.05, 4.69) is 9.88 Å². The lowest BCUT2D eigenvalue weighted by molar-refractivity contribution is 0.00303. The fourth-order valence-corrected chi connectivity index (χ4v) is 1.52. The van der Waals surface area contributed by atoms with Crippen molar-refractivity contribution in [3.8, 4) is 5.88 Å². The second-order valence-corrected chi connectivity index (χ2v) is 3.81. The first kappa shape index (κ1) is 12.3. The molecule has 7 heteroatoms. The molecule has 0 amide bonds. The number of ether oxygens (including phenoxy) is 2. The maximum atomic E-state index is 8.90. The molecule has 6 nitrogen and oxygen atoms in total. The van der Waals surface area contributed by atoms with E-state index in [0.717, 1.165) is 26.3 Å². The monoisotopic (exact) mass is 238 g/mol. The van der Waals surface area contributed by atoms with E-state index >= 15 is 0 Å². The van der Waals surface area contributed by atoms with Crippen LogP contribution in [-0.4, -0.2) is 60.1 Å². The molecule has 0 aliphatic carbocycles. The van der Waals surface area contributed by atoms with Crippen molar-refractivity contribution in [2.45, 2.75) is 0 Å². The van der Waals surface area contributed by atoms with Crippen molar-refractivity contribution in [2.75, 3.05) is 33.0 Å². The molecule has 2 heterocycles. The molecule has 92 valence electrons. The van der Waals surface area contributed by atoms with Gasteiger partial charge in [0.25, 0.3) is 0 Å². The average Bonchev–Trinajstić information content (AvgIpc) is 2.38. The molecule has 0 atom stereocenters. The van der Waals surface area contributed by atoms with Crippen molar-refractivity contribution in [3.63, 3.8) is 0 Å². The van der Waals surface area contributed by atoms with E-state index in [-0.39, 0.29) is 0 Å². The summed E-state index contributed by atoms with van der Waals surface area (Å²) < 4.78 is 10.7. The van der Waals surface area contributed by atoms with Gasteiger partial charge in [-0.15, -0.1) is 0 Å². The van der Waals surface area contributed by atoms with Crippen molar-refractivity contribution >= 4 is 12.6 Å². The van der Waals surface area contributed by atoms with Crippen LogP contribution in [-0.2, 0) is 4.74 Å². The number of aromatic nitrogens is 1.